The monoisotopic (exact) mass is 1430 g/mol. The lowest BCUT2D eigenvalue weighted by molar-refractivity contribution is -0.352. The maximum atomic E-state index is 15.2. The number of nitrogens with two attached hydrogens (primary N) is 2. The zero-order valence-corrected chi connectivity index (χ0v) is 53.9. The number of rotatable bonds is 20. The minimum Gasteiger partial charge on any atom is -0.462 e. The maximum Gasteiger partial charge on any atom is 0.508 e. The summed E-state index contributed by atoms with van der Waals surface area (Å²) in [5, 5.41) is 159. The van der Waals surface area contributed by atoms with Crippen LogP contribution in [0, 0.1) is 0 Å². The van der Waals surface area contributed by atoms with Gasteiger partial charge in [0.05, 0.1) is 51.5 Å². The van der Waals surface area contributed by atoms with Gasteiger partial charge in [0.1, 0.15) is 135 Å². The summed E-state index contributed by atoms with van der Waals surface area (Å²) in [5.41, 5.74) is 13.4. The Kier molecular flexibility index (Phi) is 26.1. The van der Waals surface area contributed by atoms with E-state index in [1.54, 1.807) is 67.6 Å². The summed E-state index contributed by atoms with van der Waals surface area (Å²) in [6, 6.07) is 9.03. The van der Waals surface area contributed by atoms with Crippen molar-refractivity contribution in [1.29, 1.82) is 0 Å². The van der Waals surface area contributed by atoms with Crippen LogP contribution in [0.5, 0.6) is 5.75 Å². The molecule has 0 bridgehead atoms. The zero-order valence-electron chi connectivity index (χ0n) is 53.9. The van der Waals surface area contributed by atoms with Crippen LogP contribution in [0.25, 0.3) is 0 Å². The molecule has 0 spiro atoms. The second-order valence-electron chi connectivity index (χ2n) is 24.7. The molecule has 0 aliphatic carbocycles. The lowest BCUT2D eigenvalue weighted by atomic mass is 9.92. The number of ether oxygens (including phenoxy) is 7. The highest BCUT2D eigenvalue weighted by Crippen LogP contribution is 2.33. The largest absolute Gasteiger partial charge is 0.508 e. The number of benzene rings is 3. The Morgan fingerprint density at radius 1 is 0.574 bits per heavy atom. The molecule has 0 aromatic heterocycles. The highest BCUT2D eigenvalue weighted by molar-refractivity contribution is 5.98. The molecule has 39 nitrogen and oxygen atoms in total. The lowest BCUT2D eigenvalue weighted by Gasteiger charge is -2.46. The van der Waals surface area contributed by atoms with Gasteiger partial charge in [0.15, 0.2) is 24.4 Å². The van der Waals surface area contributed by atoms with E-state index in [4.69, 9.17) is 44.6 Å². The molecule has 101 heavy (non-hydrogen) atoms. The van der Waals surface area contributed by atoms with Gasteiger partial charge in [0, 0.05) is 12.3 Å². The molecule has 39 heteroatoms. The van der Waals surface area contributed by atoms with Gasteiger partial charge in [-0.25, -0.2) is 4.79 Å². The molecule has 5 unspecified atom stereocenters. The molecule has 9 rings (SSSR count). The minimum atomic E-state index is -2.37. The number of carbonyl (C=O) groups is 7. The molecule has 25 atom stereocenters. The number of aliphatic imine (C=N–C) groups is 2. The summed E-state index contributed by atoms with van der Waals surface area (Å²) in [6.07, 6.45) is -33.9. The van der Waals surface area contributed by atoms with Crippen LogP contribution in [0.3, 0.4) is 0 Å². The number of hydrogen-bond acceptors (Lipinski definition) is 33. The average Bonchev–Trinajstić information content (AvgIpc) is 1.75. The number of amides is 6. The highest BCUT2D eigenvalue weighted by atomic mass is 16.8. The van der Waals surface area contributed by atoms with Gasteiger partial charge in [-0.05, 0) is 28.8 Å². The highest BCUT2D eigenvalue weighted by Gasteiger charge is 2.54. The van der Waals surface area contributed by atoms with Crippen LogP contribution >= 0.6 is 0 Å². The van der Waals surface area contributed by atoms with Crippen molar-refractivity contribution in [3.05, 3.63) is 102 Å². The molecule has 3 aromatic carbocycles. The first-order valence-electron chi connectivity index (χ1n) is 32.0. The van der Waals surface area contributed by atoms with E-state index in [0.29, 0.717) is 11.1 Å². The number of carbonyl (C=O) groups excluding carboxylic acids is 7. The van der Waals surface area contributed by atoms with Gasteiger partial charge in [0.25, 0.3) is 0 Å². The summed E-state index contributed by atoms with van der Waals surface area (Å²) < 4.78 is 39.6. The van der Waals surface area contributed by atoms with E-state index < -0.39 is 246 Å². The number of guanidine groups is 2. The number of nitrogens with one attached hydrogen (secondary N) is 7. The summed E-state index contributed by atoms with van der Waals surface area (Å²) >= 11 is 0. The van der Waals surface area contributed by atoms with Crippen LogP contribution < -0.4 is 53.4 Å². The van der Waals surface area contributed by atoms with Crippen molar-refractivity contribution in [2.75, 3.05) is 46.1 Å². The number of nitrogens with zero attached hydrogens (tertiary/aromatic N) is 3. The van der Waals surface area contributed by atoms with Gasteiger partial charge in [0.2, 0.25) is 41.7 Å². The molecule has 4 fully saturated rings. The summed E-state index contributed by atoms with van der Waals surface area (Å²) in [5.74, 6) is -9.19. The van der Waals surface area contributed by atoms with Gasteiger partial charge < -0.3 is 153 Å². The number of aliphatic hydroxyl groups excluding tert-OH is 13. The topological polar surface area (TPSA) is 611 Å². The fourth-order valence-corrected chi connectivity index (χ4v) is 12.1. The van der Waals surface area contributed by atoms with Gasteiger partial charge in [-0.15, -0.1) is 0 Å². The smallest absolute Gasteiger partial charge is 0.462 e. The van der Waals surface area contributed by atoms with Crippen LogP contribution in [-0.2, 0) is 70.2 Å². The Balaban J connectivity index is 1.02. The molecule has 4 saturated heterocycles. The Hall–Kier alpha value is -8.59. The van der Waals surface area contributed by atoms with E-state index in [1.807, 2.05) is 0 Å². The van der Waals surface area contributed by atoms with Crippen LogP contribution in [0.4, 0.5) is 4.79 Å². The van der Waals surface area contributed by atoms with E-state index in [1.165, 1.54) is 24.3 Å². The lowest BCUT2D eigenvalue weighted by Crippen LogP contribution is -2.70. The summed E-state index contributed by atoms with van der Waals surface area (Å²) in [6.45, 7) is -4.23. The molecule has 0 saturated carbocycles. The third kappa shape index (κ3) is 18.2. The van der Waals surface area contributed by atoms with Crippen LogP contribution in [0.1, 0.15) is 29.5 Å². The molecule has 0 radical (unpaired) electrons. The zero-order chi connectivity index (χ0) is 73.1. The molecule has 3 aromatic rings. The number of hydrogen-bond donors (Lipinski definition) is 22. The predicted octanol–water partition coefficient (Wildman–Crippen LogP) is -11.3. The third-order valence-electron chi connectivity index (χ3n) is 17.9. The minimum absolute atomic E-state index is 0.121. The van der Waals surface area contributed by atoms with Crippen molar-refractivity contribution < 1.29 is 133 Å². The Morgan fingerprint density at radius 3 is 1.80 bits per heavy atom. The van der Waals surface area contributed by atoms with Crippen LogP contribution in [0.2, 0.25) is 0 Å². The van der Waals surface area contributed by atoms with Gasteiger partial charge in [-0.2, -0.15) is 0 Å². The predicted molar refractivity (Wildman–Crippen MR) is 339 cm³/mol. The summed E-state index contributed by atoms with van der Waals surface area (Å²) in [4.78, 5) is 110. The van der Waals surface area contributed by atoms with Gasteiger partial charge in [-0.1, -0.05) is 79.7 Å². The van der Waals surface area contributed by atoms with Crippen molar-refractivity contribution in [1.82, 2.24) is 42.1 Å². The standard InChI is InChI=1S/C62H84N12O27/c1-25(28-10-6-3-7-11-28)38-54(91)68-30(16-26-12-14-29(15-13-26)97-58-50(88)47(85)51(101-59-49(87)46(84)44(82)35(22-77)99-59)36(100-58)24-96-62(94)95-23-27-8-4-2-5-9-27)53(90)72-39(41(79)31-17-66-60(63)70-31)56(93)73-40(55(92)69-32(20-75)52(89)65-19-37(78)71-38)42(80)33-18-67-61(64)74(33)57-48(86)45(83)43(81)34(21-76)98-57/h2-15,25,30-36,38-51,57-59,75-77,79-88H,16-24H2,1H3,(H2,64,67)(H,65,89)(H,68,91)(H,69,92)(H,71,78)(H,72,90)(H,73,93)(H3,63,66,70)/t25?,30-,31?,32+,33?,34-,35-,36-,38+,39+,40-,41?,42?,43-,44-,45+,46+,47-,48+,49+,50+,51-,57+,58+,59-/m1/s1. The van der Waals surface area contributed by atoms with Crippen LogP contribution in [0.15, 0.2) is 94.9 Å². The first-order chi connectivity index (χ1) is 48.2. The van der Waals surface area contributed by atoms with E-state index in [2.05, 4.69) is 47.2 Å². The van der Waals surface area contributed by atoms with E-state index >= 15 is 9.59 Å². The Morgan fingerprint density at radius 2 is 1.16 bits per heavy atom. The molecule has 6 amide bonds. The molecule has 24 N–H and O–H groups in total. The Bertz CT molecular complexity index is 3390. The number of aliphatic hydroxyl groups is 13. The van der Waals surface area contributed by atoms with E-state index in [0.717, 1.165) is 4.90 Å². The molecular weight excluding hydrogens is 1340 g/mol. The molecule has 6 aliphatic heterocycles. The first kappa shape index (κ1) is 76.6. The van der Waals surface area contributed by atoms with Gasteiger partial charge >= 0.3 is 6.16 Å². The fraction of sp³-hybridized carbons (Fsp3) is 0.565. The second-order valence-corrected chi connectivity index (χ2v) is 24.7. The molecular formula is C62H84N12O27. The SMILES string of the molecule is CC(c1ccccc1)[C@@H]1NC(=O)CNC(=O)[C@H](CO)NC(=O)[C@@H](C(O)C2CN=C(N)N2[C@H]2O[C@H](CO)[C@@H](O)[C@H](O)[C@@H]2O)NC(=O)[C@H](C(O)C2CN=C(N)N2)NC(=O)[C@@H](Cc2ccc(O[C@H]3O[C@H](COC(=O)OCc4ccccc4)[C@@H](O[C@H]4O[C@H](CO)[C@@H](O)[C@H](O)[C@@H]4O)[C@H](O)[C@@H]3O)cc2)NC1=O. The van der Waals surface area contributed by atoms with Crippen molar-refractivity contribution in [2.45, 2.75) is 172 Å². The van der Waals surface area contributed by atoms with Crippen molar-refractivity contribution in [2.24, 2.45) is 21.5 Å². The molecule has 554 valence electrons. The van der Waals surface area contributed by atoms with E-state index in [9.17, 15) is 90.4 Å². The van der Waals surface area contributed by atoms with E-state index in [-0.39, 0.29) is 30.4 Å². The van der Waals surface area contributed by atoms with Crippen molar-refractivity contribution in [3.63, 3.8) is 0 Å². The average molecular weight is 1430 g/mol. The summed E-state index contributed by atoms with van der Waals surface area (Å²) in [7, 11) is 0. The normalized spacial score (nSPS) is 34.9. The maximum absolute atomic E-state index is 15.2. The van der Waals surface area contributed by atoms with Crippen molar-refractivity contribution >= 4 is 53.5 Å². The Labute approximate surface area is 574 Å². The van der Waals surface area contributed by atoms with Crippen molar-refractivity contribution in [3.8, 4) is 5.75 Å². The second kappa shape index (κ2) is 34.4. The van der Waals surface area contributed by atoms with Gasteiger partial charge in [-0.3, -0.25) is 38.8 Å². The quantitative estimate of drug-likeness (QED) is 0.0467. The molecule has 6 aliphatic rings. The third-order valence-corrected chi connectivity index (χ3v) is 17.9. The van der Waals surface area contributed by atoms with Crippen LogP contribution in [-0.4, -0.2) is 317 Å². The first-order valence-corrected chi connectivity index (χ1v) is 32.0. The molecule has 6 heterocycles. The fourth-order valence-electron chi connectivity index (χ4n) is 12.1.